The third kappa shape index (κ3) is 3.68. The zero-order valence-electron chi connectivity index (χ0n) is 11.3. The molecule has 0 heterocycles. The molecule has 0 bridgehead atoms. The summed E-state index contributed by atoms with van der Waals surface area (Å²) in [4.78, 5) is 10.9. The first kappa shape index (κ1) is 17.0. The van der Waals surface area contributed by atoms with Crippen molar-refractivity contribution in [2.45, 2.75) is 11.8 Å². The first-order valence-electron chi connectivity index (χ1n) is 6.02. The van der Waals surface area contributed by atoms with E-state index in [0.717, 1.165) is 5.56 Å². The molecule has 0 amide bonds. The SMILES string of the molecule is Cc1ccc(NS(=O)(=O)c2ccc(C(=O)O)cc2Br)c(Br)c1. The molecular formula is C14H11Br2NO4S. The van der Waals surface area contributed by atoms with Gasteiger partial charge in [0.25, 0.3) is 10.0 Å². The van der Waals surface area contributed by atoms with Crippen molar-refractivity contribution in [2.24, 2.45) is 0 Å². The maximum atomic E-state index is 12.4. The molecule has 8 heteroatoms. The van der Waals surface area contributed by atoms with Crippen LogP contribution in [-0.2, 0) is 10.0 Å². The van der Waals surface area contributed by atoms with E-state index in [9.17, 15) is 13.2 Å². The number of sulfonamides is 1. The minimum atomic E-state index is -3.84. The highest BCUT2D eigenvalue weighted by Gasteiger charge is 2.20. The molecular weight excluding hydrogens is 438 g/mol. The zero-order valence-corrected chi connectivity index (χ0v) is 15.3. The molecule has 0 aliphatic rings. The van der Waals surface area contributed by atoms with Crippen LogP contribution in [0.4, 0.5) is 5.69 Å². The minimum Gasteiger partial charge on any atom is -0.478 e. The van der Waals surface area contributed by atoms with Crippen molar-refractivity contribution in [3.63, 3.8) is 0 Å². The molecule has 0 saturated carbocycles. The standard InChI is InChI=1S/C14H11Br2NO4S/c1-8-2-4-12(10(15)6-8)17-22(20,21)13-5-3-9(14(18)19)7-11(13)16/h2-7,17H,1H3,(H,18,19). The minimum absolute atomic E-state index is 0.00217. The summed E-state index contributed by atoms with van der Waals surface area (Å²) < 4.78 is 28.1. The normalized spacial score (nSPS) is 11.2. The Hall–Kier alpha value is -1.38. The van der Waals surface area contributed by atoms with E-state index in [2.05, 4.69) is 36.6 Å². The van der Waals surface area contributed by atoms with Gasteiger partial charge >= 0.3 is 5.97 Å². The summed E-state index contributed by atoms with van der Waals surface area (Å²) in [5.74, 6) is -1.13. The van der Waals surface area contributed by atoms with Crippen LogP contribution < -0.4 is 4.72 Å². The van der Waals surface area contributed by atoms with E-state index in [0.29, 0.717) is 10.2 Å². The number of benzene rings is 2. The maximum absolute atomic E-state index is 12.4. The third-order valence-electron chi connectivity index (χ3n) is 2.84. The highest BCUT2D eigenvalue weighted by atomic mass is 79.9. The molecule has 2 rings (SSSR count). The Balaban J connectivity index is 2.40. The van der Waals surface area contributed by atoms with Crippen LogP contribution in [0.2, 0.25) is 0 Å². The molecule has 5 nitrogen and oxygen atoms in total. The average molecular weight is 449 g/mol. The van der Waals surface area contributed by atoms with Gasteiger partial charge in [-0.25, -0.2) is 13.2 Å². The van der Waals surface area contributed by atoms with Crippen LogP contribution in [0.5, 0.6) is 0 Å². The van der Waals surface area contributed by atoms with Gasteiger partial charge in [-0.05, 0) is 74.7 Å². The van der Waals surface area contributed by atoms with Crippen LogP contribution in [0.15, 0.2) is 50.2 Å². The summed E-state index contributed by atoms with van der Waals surface area (Å²) in [7, 11) is -3.84. The lowest BCUT2D eigenvalue weighted by Crippen LogP contribution is -2.14. The van der Waals surface area contributed by atoms with Crippen molar-refractivity contribution in [2.75, 3.05) is 4.72 Å². The Morgan fingerprint density at radius 2 is 1.77 bits per heavy atom. The van der Waals surface area contributed by atoms with Gasteiger partial charge in [-0.2, -0.15) is 0 Å². The van der Waals surface area contributed by atoms with E-state index >= 15 is 0 Å². The summed E-state index contributed by atoms with van der Waals surface area (Å²) >= 11 is 6.41. The van der Waals surface area contributed by atoms with Crippen molar-refractivity contribution in [3.8, 4) is 0 Å². The number of aromatic carboxylic acids is 1. The number of carbonyl (C=O) groups is 1. The summed E-state index contributed by atoms with van der Waals surface area (Å²) in [5, 5.41) is 8.91. The number of carboxylic acid groups (broad SMARTS) is 1. The van der Waals surface area contributed by atoms with Crippen LogP contribution in [0.25, 0.3) is 0 Å². The molecule has 0 unspecified atom stereocenters. The number of aryl methyl sites for hydroxylation is 1. The first-order chi connectivity index (χ1) is 10.2. The molecule has 2 aromatic rings. The lowest BCUT2D eigenvalue weighted by atomic mass is 10.2. The molecule has 2 N–H and O–H groups in total. The molecule has 0 radical (unpaired) electrons. The number of nitrogens with one attached hydrogen (secondary N) is 1. The van der Waals surface area contributed by atoms with Crippen molar-refractivity contribution < 1.29 is 18.3 Å². The van der Waals surface area contributed by atoms with Gasteiger partial charge in [-0.15, -0.1) is 0 Å². The molecule has 22 heavy (non-hydrogen) atoms. The van der Waals surface area contributed by atoms with Crippen molar-refractivity contribution in [1.29, 1.82) is 0 Å². The highest BCUT2D eigenvalue weighted by Crippen LogP contribution is 2.29. The Kier molecular flexibility index (Phi) is 4.93. The van der Waals surface area contributed by atoms with E-state index < -0.39 is 16.0 Å². The van der Waals surface area contributed by atoms with Gasteiger partial charge < -0.3 is 5.11 Å². The average Bonchev–Trinajstić information content (AvgIpc) is 2.41. The molecule has 0 spiro atoms. The summed E-state index contributed by atoms with van der Waals surface area (Å²) in [6, 6.07) is 8.97. The molecule has 0 aliphatic heterocycles. The van der Waals surface area contributed by atoms with E-state index in [1.807, 2.05) is 6.92 Å². The molecule has 0 atom stereocenters. The van der Waals surface area contributed by atoms with Crippen LogP contribution in [-0.4, -0.2) is 19.5 Å². The fraction of sp³-hybridized carbons (Fsp3) is 0.0714. The second-order valence-corrected chi connectivity index (χ2v) is 7.90. The molecule has 0 fully saturated rings. The molecule has 0 aromatic heterocycles. The van der Waals surface area contributed by atoms with Gasteiger partial charge in [0.1, 0.15) is 4.90 Å². The summed E-state index contributed by atoms with van der Waals surface area (Å²) in [6.45, 7) is 1.89. The highest BCUT2D eigenvalue weighted by molar-refractivity contribution is 9.11. The Bertz CT molecular complexity index is 850. The van der Waals surface area contributed by atoms with E-state index in [-0.39, 0.29) is 14.9 Å². The smallest absolute Gasteiger partial charge is 0.335 e. The van der Waals surface area contributed by atoms with Gasteiger partial charge in [0.2, 0.25) is 0 Å². The molecule has 116 valence electrons. The number of hydrogen-bond acceptors (Lipinski definition) is 3. The van der Waals surface area contributed by atoms with E-state index in [4.69, 9.17) is 5.11 Å². The monoisotopic (exact) mass is 447 g/mol. The molecule has 2 aromatic carbocycles. The van der Waals surface area contributed by atoms with Crippen LogP contribution in [0, 0.1) is 6.92 Å². The van der Waals surface area contributed by atoms with Gasteiger partial charge in [-0.1, -0.05) is 6.07 Å². The molecule has 0 saturated heterocycles. The Morgan fingerprint density at radius 3 is 2.32 bits per heavy atom. The van der Waals surface area contributed by atoms with E-state index in [1.54, 1.807) is 18.2 Å². The predicted octanol–water partition coefficient (Wildman–Crippen LogP) is 4.02. The fourth-order valence-electron chi connectivity index (χ4n) is 1.75. The van der Waals surface area contributed by atoms with E-state index in [1.165, 1.54) is 18.2 Å². The van der Waals surface area contributed by atoms with Gasteiger partial charge in [0.05, 0.1) is 11.3 Å². The second kappa shape index (κ2) is 6.39. The van der Waals surface area contributed by atoms with Crippen LogP contribution in [0.1, 0.15) is 15.9 Å². The number of anilines is 1. The van der Waals surface area contributed by atoms with Gasteiger partial charge in [0, 0.05) is 8.95 Å². The Labute approximate surface area is 144 Å². The van der Waals surface area contributed by atoms with Gasteiger partial charge in [-0.3, -0.25) is 4.72 Å². The number of halogens is 2. The topological polar surface area (TPSA) is 83.5 Å². The predicted molar refractivity (Wildman–Crippen MR) is 90.8 cm³/mol. The molecule has 0 aliphatic carbocycles. The van der Waals surface area contributed by atoms with Crippen molar-refractivity contribution >= 4 is 53.5 Å². The van der Waals surface area contributed by atoms with Crippen LogP contribution >= 0.6 is 31.9 Å². The van der Waals surface area contributed by atoms with Gasteiger partial charge in [0.15, 0.2) is 0 Å². The van der Waals surface area contributed by atoms with Crippen molar-refractivity contribution in [1.82, 2.24) is 0 Å². The summed E-state index contributed by atoms with van der Waals surface area (Å²) in [6.07, 6.45) is 0. The third-order valence-corrected chi connectivity index (χ3v) is 5.84. The maximum Gasteiger partial charge on any atom is 0.335 e. The van der Waals surface area contributed by atoms with Crippen molar-refractivity contribution in [3.05, 3.63) is 56.5 Å². The number of rotatable bonds is 4. The zero-order chi connectivity index (χ0) is 16.5. The van der Waals surface area contributed by atoms with Crippen LogP contribution in [0.3, 0.4) is 0 Å². The lowest BCUT2D eigenvalue weighted by molar-refractivity contribution is 0.0696. The number of hydrogen-bond donors (Lipinski definition) is 2. The Morgan fingerprint density at radius 1 is 1.09 bits per heavy atom. The second-order valence-electron chi connectivity index (χ2n) is 4.54. The number of carboxylic acids is 1. The first-order valence-corrected chi connectivity index (χ1v) is 9.09. The fourth-order valence-corrected chi connectivity index (χ4v) is 4.64. The quantitative estimate of drug-likeness (QED) is 0.739. The summed E-state index contributed by atoms with van der Waals surface area (Å²) in [5.41, 5.74) is 1.39. The lowest BCUT2D eigenvalue weighted by Gasteiger charge is -2.12. The largest absolute Gasteiger partial charge is 0.478 e.